The summed E-state index contributed by atoms with van der Waals surface area (Å²) < 4.78 is 5.39. The minimum absolute atomic E-state index is 0.152. The van der Waals surface area contributed by atoms with E-state index in [4.69, 9.17) is 10.5 Å². The highest BCUT2D eigenvalue weighted by molar-refractivity contribution is 6.06. The van der Waals surface area contributed by atoms with Gasteiger partial charge >= 0.3 is 5.97 Å². The standard InChI is InChI=1S/C25H20N4O3/c26-25-27-15-19-14-17(10-12-21(19)29-25)11-13-23(30)28-22-9-5-4-8-20(22)24(31)32-16-18-6-2-1-3-7-18/h1-15H,16H2,(H,28,30)(H2,26,27,29)/b13-11+. The first kappa shape index (κ1) is 20.7. The number of para-hydroxylation sites is 1. The molecule has 4 rings (SSSR count). The van der Waals surface area contributed by atoms with E-state index in [-0.39, 0.29) is 24.0 Å². The highest BCUT2D eigenvalue weighted by Crippen LogP contribution is 2.18. The van der Waals surface area contributed by atoms with E-state index in [0.29, 0.717) is 5.69 Å². The molecule has 7 heteroatoms. The van der Waals surface area contributed by atoms with Crippen LogP contribution in [0.15, 0.2) is 85.1 Å². The molecule has 0 aliphatic carbocycles. The molecule has 0 bridgehead atoms. The van der Waals surface area contributed by atoms with Gasteiger partial charge in [-0.3, -0.25) is 4.79 Å². The molecule has 3 N–H and O–H groups in total. The van der Waals surface area contributed by atoms with Gasteiger partial charge in [-0.15, -0.1) is 0 Å². The molecule has 0 saturated carbocycles. The normalized spacial score (nSPS) is 10.9. The number of nitrogen functional groups attached to an aromatic ring is 1. The molecule has 0 fully saturated rings. The lowest BCUT2D eigenvalue weighted by molar-refractivity contribution is -0.111. The van der Waals surface area contributed by atoms with Crippen molar-refractivity contribution in [1.82, 2.24) is 9.97 Å². The van der Waals surface area contributed by atoms with E-state index in [1.54, 1.807) is 36.5 Å². The zero-order valence-electron chi connectivity index (χ0n) is 17.1. The molecule has 1 heterocycles. The van der Waals surface area contributed by atoms with Gasteiger partial charge in [0.25, 0.3) is 0 Å². The van der Waals surface area contributed by atoms with Crippen molar-refractivity contribution in [1.29, 1.82) is 0 Å². The summed E-state index contributed by atoms with van der Waals surface area (Å²) in [5.41, 5.74) is 8.66. The summed E-state index contributed by atoms with van der Waals surface area (Å²) >= 11 is 0. The summed E-state index contributed by atoms with van der Waals surface area (Å²) in [6, 6.07) is 21.6. The summed E-state index contributed by atoms with van der Waals surface area (Å²) in [6.45, 7) is 0.152. The summed E-state index contributed by atoms with van der Waals surface area (Å²) in [7, 11) is 0. The third-order valence-corrected chi connectivity index (χ3v) is 4.67. The lowest BCUT2D eigenvalue weighted by Gasteiger charge is -2.10. The number of esters is 1. The number of hydrogen-bond donors (Lipinski definition) is 2. The lowest BCUT2D eigenvalue weighted by atomic mass is 10.1. The molecular weight excluding hydrogens is 404 g/mol. The lowest BCUT2D eigenvalue weighted by Crippen LogP contribution is -2.13. The van der Waals surface area contributed by atoms with Gasteiger partial charge in [0, 0.05) is 17.7 Å². The number of benzene rings is 3. The van der Waals surface area contributed by atoms with Crippen LogP contribution in [0.1, 0.15) is 21.5 Å². The Morgan fingerprint density at radius 1 is 1.00 bits per heavy atom. The smallest absolute Gasteiger partial charge is 0.340 e. The third-order valence-electron chi connectivity index (χ3n) is 4.67. The number of rotatable bonds is 6. The number of hydrogen-bond acceptors (Lipinski definition) is 6. The maximum absolute atomic E-state index is 12.5. The number of nitrogens with zero attached hydrogens (tertiary/aromatic N) is 2. The van der Waals surface area contributed by atoms with Crippen LogP contribution in [0.4, 0.5) is 11.6 Å². The first-order chi connectivity index (χ1) is 15.6. The molecular formula is C25H20N4O3. The van der Waals surface area contributed by atoms with Crippen molar-refractivity contribution in [3.8, 4) is 0 Å². The summed E-state index contributed by atoms with van der Waals surface area (Å²) in [4.78, 5) is 33.1. The maximum Gasteiger partial charge on any atom is 0.340 e. The topological polar surface area (TPSA) is 107 Å². The van der Waals surface area contributed by atoms with E-state index in [0.717, 1.165) is 22.0 Å². The largest absolute Gasteiger partial charge is 0.457 e. The minimum Gasteiger partial charge on any atom is -0.457 e. The van der Waals surface area contributed by atoms with E-state index < -0.39 is 5.97 Å². The monoisotopic (exact) mass is 424 g/mol. The van der Waals surface area contributed by atoms with Crippen LogP contribution in [0, 0.1) is 0 Å². The van der Waals surface area contributed by atoms with E-state index >= 15 is 0 Å². The van der Waals surface area contributed by atoms with Crippen molar-refractivity contribution >= 4 is 40.5 Å². The molecule has 32 heavy (non-hydrogen) atoms. The molecule has 1 amide bonds. The highest BCUT2D eigenvalue weighted by Gasteiger charge is 2.14. The molecule has 0 unspecified atom stereocenters. The van der Waals surface area contributed by atoms with Crippen molar-refractivity contribution in [2.24, 2.45) is 0 Å². The quantitative estimate of drug-likeness (QED) is 0.354. The number of carbonyl (C=O) groups is 2. The van der Waals surface area contributed by atoms with Gasteiger partial charge < -0.3 is 15.8 Å². The number of ether oxygens (including phenoxy) is 1. The van der Waals surface area contributed by atoms with Gasteiger partial charge in [-0.05, 0) is 41.5 Å². The Labute approximate surface area is 184 Å². The third kappa shape index (κ3) is 5.14. The predicted molar refractivity (Wildman–Crippen MR) is 124 cm³/mol. The number of anilines is 2. The van der Waals surface area contributed by atoms with Crippen LogP contribution in [-0.2, 0) is 16.1 Å². The molecule has 0 radical (unpaired) electrons. The Hall–Kier alpha value is -4.52. The summed E-state index contributed by atoms with van der Waals surface area (Å²) in [6.07, 6.45) is 4.69. The number of nitrogens with one attached hydrogen (secondary N) is 1. The average molecular weight is 424 g/mol. The second-order valence-corrected chi connectivity index (χ2v) is 6.98. The van der Waals surface area contributed by atoms with Crippen LogP contribution in [0.3, 0.4) is 0 Å². The number of amides is 1. The second kappa shape index (κ2) is 9.53. The summed E-state index contributed by atoms with van der Waals surface area (Å²) in [5.74, 6) is -0.675. The Morgan fingerprint density at radius 3 is 2.62 bits per heavy atom. The van der Waals surface area contributed by atoms with Crippen LogP contribution in [-0.4, -0.2) is 21.8 Å². The van der Waals surface area contributed by atoms with Crippen molar-refractivity contribution < 1.29 is 14.3 Å². The van der Waals surface area contributed by atoms with Gasteiger partial charge in [-0.1, -0.05) is 48.5 Å². The Balaban J connectivity index is 1.43. The van der Waals surface area contributed by atoms with Gasteiger partial charge in [-0.25, -0.2) is 14.8 Å². The molecule has 3 aromatic carbocycles. The SMILES string of the molecule is Nc1ncc2cc(/C=C/C(=O)Nc3ccccc3C(=O)OCc3ccccc3)ccc2n1. The van der Waals surface area contributed by atoms with E-state index in [1.807, 2.05) is 48.5 Å². The Kier molecular flexibility index (Phi) is 6.17. The second-order valence-electron chi connectivity index (χ2n) is 6.98. The molecule has 4 aromatic rings. The molecule has 158 valence electrons. The Morgan fingerprint density at radius 2 is 1.78 bits per heavy atom. The number of aromatic nitrogens is 2. The van der Waals surface area contributed by atoms with Gasteiger partial charge in [0.05, 0.1) is 16.8 Å². The number of fused-ring (bicyclic) bond motifs is 1. The fourth-order valence-corrected chi connectivity index (χ4v) is 3.09. The van der Waals surface area contributed by atoms with Crippen LogP contribution in [0.2, 0.25) is 0 Å². The predicted octanol–water partition coefficient (Wildman–Crippen LogP) is 4.22. The van der Waals surface area contributed by atoms with Crippen LogP contribution >= 0.6 is 0 Å². The van der Waals surface area contributed by atoms with Crippen molar-refractivity contribution in [2.45, 2.75) is 6.61 Å². The van der Waals surface area contributed by atoms with Crippen LogP contribution in [0.5, 0.6) is 0 Å². The molecule has 0 spiro atoms. The Bertz CT molecular complexity index is 1300. The molecule has 0 saturated heterocycles. The molecule has 0 aliphatic rings. The fraction of sp³-hybridized carbons (Fsp3) is 0.0400. The van der Waals surface area contributed by atoms with Crippen LogP contribution in [0.25, 0.3) is 17.0 Å². The maximum atomic E-state index is 12.5. The molecule has 0 aliphatic heterocycles. The molecule has 1 aromatic heterocycles. The molecule has 7 nitrogen and oxygen atoms in total. The van der Waals surface area contributed by atoms with Gasteiger partial charge in [0.2, 0.25) is 11.9 Å². The average Bonchev–Trinajstić information content (AvgIpc) is 2.82. The number of carbonyl (C=O) groups excluding carboxylic acids is 2. The molecule has 0 atom stereocenters. The van der Waals surface area contributed by atoms with Crippen molar-refractivity contribution in [3.05, 3.63) is 102 Å². The fourth-order valence-electron chi connectivity index (χ4n) is 3.09. The van der Waals surface area contributed by atoms with Crippen molar-refractivity contribution in [2.75, 3.05) is 11.1 Å². The van der Waals surface area contributed by atoms with Gasteiger partial charge in [0.1, 0.15) is 6.61 Å². The van der Waals surface area contributed by atoms with E-state index in [1.165, 1.54) is 6.08 Å². The highest BCUT2D eigenvalue weighted by atomic mass is 16.5. The van der Waals surface area contributed by atoms with Crippen LogP contribution < -0.4 is 11.1 Å². The van der Waals surface area contributed by atoms with Gasteiger partial charge in [0.15, 0.2) is 0 Å². The zero-order chi connectivity index (χ0) is 22.3. The van der Waals surface area contributed by atoms with Crippen molar-refractivity contribution in [3.63, 3.8) is 0 Å². The minimum atomic E-state index is -0.512. The number of nitrogens with two attached hydrogens (primary N) is 1. The van der Waals surface area contributed by atoms with Gasteiger partial charge in [-0.2, -0.15) is 0 Å². The first-order valence-electron chi connectivity index (χ1n) is 9.90. The van der Waals surface area contributed by atoms with E-state index in [2.05, 4.69) is 15.3 Å². The first-order valence-corrected chi connectivity index (χ1v) is 9.90. The summed E-state index contributed by atoms with van der Waals surface area (Å²) in [5, 5.41) is 3.55. The van der Waals surface area contributed by atoms with E-state index in [9.17, 15) is 9.59 Å². The zero-order valence-corrected chi connectivity index (χ0v) is 17.1.